The number of carbonyl (C=O) groups excluding carboxylic acids is 3. The summed E-state index contributed by atoms with van der Waals surface area (Å²) in [4.78, 5) is 48.1. The highest BCUT2D eigenvalue weighted by atomic mass is 16.6. The van der Waals surface area contributed by atoms with Gasteiger partial charge < -0.3 is 20.3 Å². The minimum atomic E-state index is -0.847. The van der Waals surface area contributed by atoms with E-state index in [9.17, 15) is 24.5 Å². The minimum absolute atomic E-state index is 0.0120. The van der Waals surface area contributed by atoms with Crippen LogP contribution in [0.4, 0.5) is 11.4 Å². The van der Waals surface area contributed by atoms with E-state index in [4.69, 9.17) is 4.74 Å². The van der Waals surface area contributed by atoms with Crippen LogP contribution in [-0.2, 0) is 14.3 Å². The highest BCUT2D eigenvalue weighted by molar-refractivity contribution is 5.93. The molecule has 1 aromatic carbocycles. The lowest BCUT2D eigenvalue weighted by molar-refractivity contribution is -0.384. The highest BCUT2D eigenvalue weighted by Crippen LogP contribution is 2.32. The number of esters is 1. The topological polar surface area (TPSA) is 131 Å². The van der Waals surface area contributed by atoms with Crippen LogP contribution in [0, 0.1) is 16.0 Å². The average Bonchev–Trinajstić information content (AvgIpc) is 2.70. The van der Waals surface area contributed by atoms with Crippen molar-refractivity contribution >= 4 is 29.2 Å². The van der Waals surface area contributed by atoms with Gasteiger partial charge in [0.05, 0.1) is 17.0 Å². The zero-order valence-electron chi connectivity index (χ0n) is 16.6. The van der Waals surface area contributed by atoms with Crippen molar-refractivity contribution < 1.29 is 24.0 Å². The molecule has 1 atom stereocenters. The Morgan fingerprint density at radius 2 is 2.03 bits per heavy atom. The zero-order valence-corrected chi connectivity index (χ0v) is 16.6. The lowest BCUT2D eigenvalue weighted by atomic mass is 9.99. The molecule has 1 aromatic rings. The van der Waals surface area contributed by atoms with Gasteiger partial charge in [-0.2, -0.15) is 0 Å². The number of hydrogen-bond donors (Lipinski definition) is 2. The molecule has 1 aliphatic heterocycles. The van der Waals surface area contributed by atoms with Crippen LogP contribution in [0.1, 0.15) is 37.0 Å². The molecule has 29 heavy (non-hydrogen) atoms. The summed E-state index contributed by atoms with van der Waals surface area (Å²) in [7, 11) is 0. The zero-order chi connectivity index (χ0) is 21.4. The molecule has 0 bridgehead atoms. The summed E-state index contributed by atoms with van der Waals surface area (Å²) in [5.74, 6) is -1.41. The molecule has 1 fully saturated rings. The third-order valence-electron chi connectivity index (χ3n) is 4.56. The predicted octanol–water partition coefficient (Wildman–Crippen LogP) is 1.24. The van der Waals surface area contributed by atoms with E-state index in [0.717, 1.165) is 25.9 Å². The number of carbonyl (C=O) groups is 3. The Kier molecular flexibility index (Phi) is 7.93. The maximum absolute atomic E-state index is 12.2. The monoisotopic (exact) mass is 406 g/mol. The SMILES string of the molecule is CCNC(=O)CNC(=O)COC(=O)c1ccc(N2CCC[C@H](C)C2)c([N+](=O)[O-])c1. The second-order valence-electron chi connectivity index (χ2n) is 6.96. The van der Waals surface area contributed by atoms with Crippen molar-refractivity contribution in [2.24, 2.45) is 5.92 Å². The quantitative estimate of drug-likeness (QED) is 0.377. The van der Waals surface area contributed by atoms with Gasteiger partial charge in [-0.1, -0.05) is 6.92 Å². The number of anilines is 1. The molecule has 1 heterocycles. The van der Waals surface area contributed by atoms with Gasteiger partial charge in [-0.3, -0.25) is 19.7 Å². The van der Waals surface area contributed by atoms with E-state index in [2.05, 4.69) is 17.6 Å². The van der Waals surface area contributed by atoms with Crippen LogP contribution in [0.2, 0.25) is 0 Å². The van der Waals surface area contributed by atoms with E-state index < -0.39 is 23.4 Å². The number of rotatable bonds is 8. The van der Waals surface area contributed by atoms with E-state index in [-0.39, 0.29) is 23.7 Å². The fourth-order valence-corrected chi connectivity index (χ4v) is 3.18. The van der Waals surface area contributed by atoms with Gasteiger partial charge in [0.25, 0.3) is 11.6 Å². The third-order valence-corrected chi connectivity index (χ3v) is 4.56. The number of nitrogens with one attached hydrogen (secondary N) is 2. The van der Waals surface area contributed by atoms with Gasteiger partial charge in [0, 0.05) is 25.7 Å². The number of benzene rings is 1. The number of hydrogen-bond acceptors (Lipinski definition) is 7. The van der Waals surface area contributed by atoms with Crippen molar-refractivity contribution in [2.45, 2.75) is 26.7 Å². The molecule has 2 rings (SSSR count). The third kappa shape index (κ3) is 6.44. The van der Waals surface area contributed by atoms with E-state index in [1.807, 2.05) is 4.90 Å². The first-order valence-electron chi connectivity index (χ1n) is 9.55. The first-order chi connectivity index (χ1) is 13.8. The molecule has 0 saturated carbocycles. The molecule has 10 heteroatoms. The maximum Gasteiger partial charge on any atom is 0.338 e. The predicted molar refractivity (Wildman–Crippen MR) is 106 cm³/mol. The van der Waals surface area contributed by atoms with E-state index in [1.54, 1.807) is 13.0 Å². The minimum Gasteiger partial charge on any atom is -0.452 e. The average molecular weight is 406 g/mol. The van der Waals surface area contributed by atoms with Crippen LogP contribution >= 0.6 is 0 Å². The first kappa shape index (κ1) is 22.1. The summed E-state index contributed by atoms with van der Waals surface area (Å²) in [6.07, 6.45) is 2.03. The lowest BCUT2D eigenvalue weighted by Gasteiger charge is -2.32. The standard InChI is InChI=1S/C19H26N4O6/c1-3-20-17(24)10-21-18(25)12-29-19(26)14-6-7-15(16(9-14)23(27)28)22-8-4-5-13(2)11-22/h6-7,9,13H,3-5,8,10-12H2,1-2H3,(H,20,24)(H,21,25)/t13-/m0/s1. The molecule has 2 amide bonds. The van der Waals surface area contributed by atoms with Gasteiger partial charge >= 0.3 is 5.97 Å². The van der Waals surface area contributed by atoms with Crippen LogP contribution in [0.15, 0.2) is 18.2 Å². The summed E-state index contributed by atoms with van der Waals surface area (Å²) in [5.41, 5.74) is 0.286. The summed E-state index contributed by atoms with van der Waals surface area (Å²) in [6, 6.07) is 4.17. The number of piperidine rings is 1. The maximum atomic E-state index is 12.2. The van der Waals surface area contributed by atoms with Crippen molar-refractivity contribution in [1.82, 2.24) is 10.6 Å². The van der Waals surface area contributed by atoms with Crippen molar-refractivity contribution in [1.29, 1.82) is 0 Å². The smallest absolute Gasteiger partial charge is 0.338 e. The number of nitro benzene ring substituents is 1. The molecule has 2 N–H and O–H groups in total. The number of ether oxygens (including phenoxy) is 1. The highest BCUT2D eigenvalue weighted by Gasteiger charge is 2.25. The normalized spacial score (nSPS) is 16.1. The Morgan fingerprint density at radius 1 is 1.28 bits per heavy atom. The number of amides is 2. The molecule has 1 saturated heterocycles. The molecule has 0 aliphatic carbocycles. The van der Waals surface area contributed by atoms with E-state index in [0.29, 0.717) is 18.2 Å². The molecule has 158 valence electrons. The number of nitrogens with zero attached hydrogens (tertiary/aromatic N) is 2. The lowest BCUT2D eigenvalue weighted by Crippen LogP contribution is -2.38. The second kappa shape index (κ2) is 10.4. The number of nitro groups is 1. The van der Waals surface area contributed by atoms with Crippen LogP contribution in [-0.4, -0.2) is 55.5 Å². The molecule has 1 aliphatic rings. The van der Waals surface area contributed by atoms with Gasteiger partial charge in [-0.15, -0.1) is 0 Å². The van der Waals surface area contributed by atoms with Crippen molar-refractivity contribution in [3.05, 3.63) is 33.9 Å². The molecule has 0 spiro atoms. The van der Waals surface area contributed by atoms with Gasteiger partial charge in [0.1, 0.15) is 5.69 Å². The largest absolute Gasteiger partial charge is 0.452 e. The Labute approximate surface area is 168 Å². The van der Waals surface area contributed by atoms with E-state index in [1.165, 1.54) is 12.1 Å². The Bertz CT molecular complexity index is 782. The molecular formula is C19H26N4O6. The van der Waals surface area contributed by atoms with Crippen LogP contribution in [0.3, 0.4) is 0 Å². The fraction of sp³-hybridized carbons (Fsp3) is 0.526. The van der Waals surface area contributed by atoms with Gasteiger partial charge in [-0.05, 0) is 37.8 Å². The summed E-state index contributed by atoms with van der Waals surface area (Å²) < 4.78 is 4.90. The molecule has 0 radical (unpaired) electrons. The second-order valence-corrected chi connectivity index (χ2v) is 6.96. The molecule has 0 unspecified atom stereocenters. The molecule has 10 nitrogen and oxygen atoms in total. The van der Waals surface area contributed by atoms with E-state index >= 15 is 0 Å². The van der Waals surface area contributed by atoms with Crippen molar-refractivity contribution in [3.63, 3.8) is 0 Å². The van der Waals surface area contributed by atoms with Crippen molar-refractivity contribution in [2.75, 3.05) is 37.7 Å². The molecule has 0 aromatic heterocycles. The summed E-state index contributed by atoms with van der Waals surface area (Å²) in [5, 5.41) is 16.3. The number of likely N-dealkylation sites (N-methyl/N-ethyl adjacent to an activating group) is 1. The Balaban J connectivity index is 2.00. The van der Waals surface area contributed by atoms with Crippen LogP contribution in [0.5, 0.6) is 0 Å². The summed E-state index contributed by atoms with van der Waals surface area (Å²) in [6.45, 7) is 4.92. The fourth-order valence-electron chi connectivity index (χ4n) is 3.18. The van der Waals surface area contributed by atoms with Gasteiger partial charge in [0.2, 0.25) is 5.91 Å². The summed E-state index contributed by atoms with van der Waals surface area (Å²) >= 11 is 0. The first-order valence-corrected chi connectivity index (χ1v) is 9.55. The Morgan fingerprint density at radius 3 is 2.69 bits per heavy atom. The van der Waals surface area contributed by atoms with Crippen molar-refractivity contribution in [3.8, 4) is 0 Å². The van der Waals surface area contributed by atoms with Gasteiger partial charge in [-0.25, -0.2) is 4.79 Å². The van der Waals surface area contributed by atoms with Gasteiger partial charge in [0.15, 0.2) is 6.61 Å². The molecular weight excluding hydrogens is 380 g/mol. The van der Waals surface area contributed by atoms with Crippen LogP contribution in [0.25, 0.3) is 0 Å². The van der Waals surface area contributed by atoms with Crippen LogP contribution < -0.4 is 15.5 Å². The Hall–Kier alpha value is -3.17.